The molecule has 2 aliphatic rings. The highest BCUT2D eigenvalue weighted by molar-refractivity contribution is 8.14. The van der Waals surface area contributed by atoms with Crippen molar-refractivity contribution in [1.29, 1.82) is 0 Å². The zero-order chi connectivity index (χ0) is 11.3. The van der Waals surface area contributed by atoms with E-state index in [1.54, 1.807) is 6.07 Å². The molecule has 0 aliphatic carbocycles. The standard InChI is InChI=1S/C11H9FN2OS/c1-11(6-15)5-13-10-14(11)8-3-2-7(12)4-9(8)16-10/h2-4,6H,5H2,1H3. The molecule has 2 heterocycles. The van der Waals surface area contributed by atoms with Gasteiger partial charge in [0, 0.05) is 4.90 Å². The third-order valence-corrected chi connectivity index (χ3v) is 3.90. The monoisotopic (exact) mass is 236 g/mol. The fourth-order valence-electron chi connectivity index (χ4n) is 1.99. The summed E-state index contributed by atoms with van der Waals surface area (Å²) < 4.78 is 13.1. The Morgan fingerprint density at radius 1 is 1.62 bits per heavy atom. The van der Waals surface area contributed by atoms with Gasteiger partial charge in [-0.15, -0.1) is 0 Å². The van der Waals surface area contributed by atoms with Gasteiger partial charge in [-0.05, 0) is 36.9 Å². The van der Waals surface area contributed by atoms with E-state index < -0.39 is 5.54 Å². The average molecular weight is 236 g/mol. The van der Waals surface area contributed by atoms with E-state index in [1.165, 1.54) is 23.9 Å². The van der Waals surface area contributed by atoms with Crippen molar-refractivity contribution in [3.05, 3.63) is 24.0 Å². The molecule has 0 N–H and O–H groups in total. The van der Waals surface area contributed by atoms with Crippen LogP contribution in [0.2, 0.25) is 0 Å². The molecule has 0 amide bonds. The van der Waals surface area contributed by atoms with Crippen LogP contribution in [0.1, 0.15) is 6.92 Å². The third kappa shape index (κ3) is 1.15. The summed E-state index contributed by atoms with van der Waals surface area (Å²) in [4.78, 5) is 18.2. The summed E-state index contributed by atoms with van der Waals surface area (Å²) in [5, 5.41) is 0.787. The van der Waals surface area contributed by atoms with Gasteiger partial charge in [0.15, 0.2) is 5.17 Å². The number of aldehydes is 1. The van der Waals surface area contributed by atoms with Crippen molar-refractivity contribution in [3.63, 3.8) is 0 Å². The van der Waals surface area contributed by atoms with Crippen molar-refractivity contribution in [2.45, 2.75) is 17.4 Å². The van der Waals surface area contributed by atoms with Gasteiger partial charge >= 0.3 is 0 Å². The second-order valence-corrected chi connectivity index (χ2v) is 5.13. The summed E-state index contributed by atoms with van der Waals surface area (Å²) in [6, 6.07) is 4.59. The lowest BCUT2D eigenvalue weighted by Gasteiger charge is -2.28. The maximum Gasteiger partial charge on any atom is 0.169 e. The first-order valence-corrected chi connectivity index (χ1v) is 5.74. The number of anilines is 1. The van der Waals surface area contributed by atoms with Gasteiger partial charge in [0.1, 0.15) is 17.6 Å². The number of hydrogen-bond donors (Lipinski definition) is 0. The van der Waals surface area contributed by atoms with Crippen LogP contribution in [0, 0.1) is 5.82 Å². The summed E-state index contributed by atoms with van der Waals surface area (Å²) in [5.41, 5.74) is 0.253. The predicted molar refractivity (Wildman–Crippen MR) is 61.5 cm³/mol. The molecule has 0 bridgehead atoms. The molecule has 2 aliphatic heterocycles. The molecule has 5 heteroatoms. The fraction of sp³-hybridized carbons (Fsp3) is 0.273. The lowest BCUT2D eigenvalue weighted by Crippen LogP contribution is -2.46. The molecule has 0 spiro atoms. The molecule has 1 atom stereocenters. The van der Waals surface area contributed by atoms with Crippen molar-refractivity contribution in [1.82, 2.24) is 0 Å². The minimum absolute atomic E-state index is 0.263. The van der Waals surface area contributed by atoms with E-state index in [0.29, 0.717) is 6.54 Å². The summed E-state index contributed by atoms with van der Waals surface area (Å²) in [6.07, 6.45) is 0.905. The number of nitrogens with zero attached hydrogens (tertiary/aromatic N) is 2. The number of aliphatic imine (C=N–C) groups is 1. The molecular weight excluding hydrogens is 227 g/mol. The first-order chi connectivity index (χ1) is 7.64. The largest absolute Gasteiger partial charge is 0.305 e. The van der Waals surface area contributed by atoms with Crippen molar-refractivity contribution < 1.29 is 9.18 Å². The summed E-state index contributed by atoms with van der Waals surface area (Å²) in [7, 11) is 0. The quantitative estimate of drug-likeness (QED) is 0.700. The molecule has 0 saturated heterocycles. The highest BCUT2D eigenvalue weighted by Crippen LogP contribution is 2.46. The molecule has 1 unspecified atom stereocenters. The van der Waals surface area contributed by atoms with Crippen molar-refractivity contribution in [2.75, 3.05) is 11.4 Å². The van der Waals surface area contributed by atoms with Gasteiger partial charge in [0.2, 0.25) is 0 Å². The van der Waals surface area contributed by atoms with Gasteiger partial charge in [-0.25, -0.2) is 4.39 Å². The number of thioether (sulfide) groups is 1. The van der Waals surface area contributed by atoms with Crippen LogP contribution in [-0.2, 0) is 4.79 Å². The Balaban J connectivity index is 2.14. The smallest absolute Gasteiger partial charge is 0.169 e. The first-order valence-electron chi connectivity index (χ1n) is 4.92. The minimum Gasteiger partial charge on any atom is -0.305 e. The Morgan fingerprint density at radius 3 is 3.19 bits per heavy atom. The van der Waals surface area contributed by atoms with Crippen LogP contribution in [0.3, 0.4) is 0 Å². The number of halogens is 1. The van der Waals surface area contributed by atoms with Gasteiger partial charge < -0.3 is 9.69 Å². The summed E-state index contributed by atoms with van der Waals surface area (Å²) in [6.45, 7) is 2.31. The summed E-state index contributed by atoms with van der Waals surface area (Å²) >= 11 is 1.42. The van der Waals surface area contributed by atoms with Crippen LogP contribution in [0.5, 0.6) is 0 Å². The van der Waals surface area contributed by atoms with E-state index in [4.69, 9.17) is 0 Å². The van der Waals surface area contributed by atoms with Crippen molar-refractivity contribution >= 4 is 28.9 Å². The minimum atomic E-state index is -0.620. The fourth-order valence-corrected chi connectivity index (χ4v) is 3.15. The maximum atomic E-state index is 13.1. The van der Waals surface area contributed by atoms with E-state index in [9.17, 15) is 9.18 Å². The Hall–Kier alpha value is -1.36. The van der Waals surface area contributed by atoms with Crippen LogP contribution in [0.25, 0.3) is 0 Å². The Labute approximate surface area is 96.3 Å². The number of hydrogen-bond acceptors (Lipinski definition) is 4. The van der Waals surface area contributed by atoms with Gasteiger partial charge in [0.05, 0.1) is 12.2 Å². The highest BCUT2D eigenvalue weighted by Gasteiger charge is 2.44. The van der Waals surface area contributed by atoms with Crippen LogP contribution in [0.4, 0.5) is 10.1 Å². The Morgan fingerprint density at radius 2 is 2.44 bits per heavy atom. The maximum absolute atomic E-state index is 13.1. The van der Waals surface area contributed by atoms with E-state index >= 15 is 0 Å². The summed E-state index contributed by atoms with van der Waals surface area (Å²) in [5.74, 6) is -0.263. The lowest BCUT2D eigenvalue weighted by atomic mass is 10.0. The first kappa shape index (κ1) is 9.84. The molecule has 1 aromatic rings. The average Bonchev–Trinajstić information content (AvgIpc) is 2.77. The number of benzene rings is 1. The van der Waals surface area contributed by atoms with Gasteiger partial charge in [-0.3, -0.25) is 4.99 Å². The van der Waals surface area contributed by atoms with Gasteiger partial charge in [0.25, 0.3) is 0 Å². The molecular formula is C11H9FN2OS. The SMILES string of the molecule is CC1(C=O)CN=C2Sc3cc(F)ccc3N21. The highest BCUT2D eigenvalue weighted by atomic mass is 32.2. The molecule has 3 rings (SSSR count). The van der Waals surface area contributed by atoms with E-state index in [-0.39, 0.29) is 5.82 Å². The van der Waals surface area contributed by atoms with Crippen molar-refractivity contribution in [3.8, 4) is 0 Å². The van der Waals surface area contributed by atoms with Gasteiger partial charge in [-0.2, -0.15) is 0 Å². The number of rotatable bonds is 1. The zero-order valence-corrected chi connectivity index (χ0v) is 9.42. The van der Waals surface area contributed by atoms with E-state index in [0.717, 1.165) is 22.0 Å². The van der Waals surface area contributed by atoms with Crippen LogP contribution < -0.4 is 4.90 Å². The van der Waals surface area contributed by atoms with Crippen LogP contribution in [-0.4, -0.2) is 23.5 Å². The molecule has 0 fully saturated rings. The lowest BCUT2D eigenvalue weighted by molar-refractivity contribution is -0.111. The van der Waals surface area contributed by atoms with E-state index in [1.807, 2.05) is 11.8 Å². The van der Waals surface area contributed by atoms with Crippen LogP contribution in [0.15, 0.2) is 28.1 Å². The molecule has 0 saturated carbocycles. The van der Waals surface area contributed by atoms with Crippen molar-refractivity contribution in [2.24, 2.45) is 4.99 Å². The topological polar surface area (TPSA) is 32.7 Å². The zero-order valence-electron chi connectivity index (χ0n) is 8.61. The second kappa shape index (κ2) is 3.07. The molecule has 82 valence electrons. The van der Waals surface area contributed by atoms with E-state index in [2.05, 4.69) is 4.99 Å². The number of fused-ring (bicyclic) bond motifs is 3. The third-order valence-electron chi connectivity index (χ3n) is 2.85. The predicted octanol–water partition coefficient (Wildman–Crippen LogP) is 2.06. The Kier molecular flexibility index (Phi) is 1.89. The normalized spacial score (nSPS) is 26.4. The number of carbonyl (C=O) groups is 1. The van der Waals surface area contributed by atoms with Gasteiger partial charge in [-0.1, -0.05) is 0 Å². The molecule has 3 nitrogen and oxygen atoms in total. The number of carbonyl (C=O) groups excluding carboxylic acids is 1. The molecule has 0 aromatic heterocycles. The molecule has 16 heavy (non-hydrogen) atoms. The second-order valence-electron chi connectivity index (χ2n) is 4.12. The molecule has 1 aromatic carbocycles. The Bertz CT molecular complexity index is 517. The number of amidine groups is 1. The van der Waals surface area contributed by atoms with Crippen LogP contribution >= 0.6 is 11.8 Å². The molecule has 0 radical (unpaired) electrons.